The number of pyridine rings is 2. The van der Waals surface area contributed by atoms with Crippen LogP contribution in [0.25, 0.3) is 22.3 Å². The summed E-state index contributed by atoms with van der Waals surface area (Å²) in [5, 5.41) is 0. The van der Waals surface area contributed by atoms with Gasteiger partial charge in [0.25, 0.3) is 0 Å². The van der Waals surface area contributed by atoms with Crippen LogP contribution < -0.4 is 4.90 Å². The lowest BCUT2D eigenvalue weighted by molar-refractivity contribution is 0.961. The second kappa shape index (κ2) is 6.25. The van der Waals surface area contributed by atoms with Crippen molar-refractivity contribution in [2.75, 3.05) is 4.90 Å². The third kappa shape index (κ3) is 2.26. The van der Waals surface area contributed by atoms with Crippen molar-refractivity contribution in [2.24, 2.45) is 0 Å². The molecule has 4 aliphatic rings. The predicted octanol–water partition coefficient (Wildman–Crippen LogP) is 6.90. The van der Waals surface area contributed by atoms with Gasteiger partial charge in [0.05, 0.1) is 17.6 Å². The molecule has 0 spiro atoms. The van der Waals surface area contributed by atoms with Gasteiger partial charge in [0.15, 0.2) is 0 Å². The van der Waals surface area contributed by atoms with Crippen molar-refractivity contribution in [1.29, 1.82) is 0 Å². The van der Waals surface area contributed by atoms with E-state index >= 15 is 0 Å². The predicted molar refractivity (Wildman–Crippen MR) is 139 cm³/mol. The summed E-state index contributed by atoms with van der Waals surface area (Å²) in [6.07, 6.45) is 9.77. The minimum Gasteiger partial charge on any atom is -0.292 e. The molecule has 0 atom stereocenters. The van der Waals surface area contributed by atoms with E-state index < -0.39 is 0 Å². The van der Waals surface area contributed by atoms with Crippen LogP contribution in [0.1, 0.15) is 44.5 Å². The molecule has 35 heavy (non-hydrogen) atoms. The van der Waals surface area contributed by atoms with Crippen molar-refractivity contribution in [3.8, 4) is 22.3 Å². The maximum Gasteiger partial charge on any atom is 0.141 e. The Morgan fingerprint density at radius 2 is 1.34 bits per heavy atom. The molecule has 9 rings (SSSR count). The fourth-order valence-electron chi connectivity index (χ4n) is 6.96. The van der Waals surface area contributed by atoms with Crippen LogP contribution in [-0.4, -0.2) is 9.97 Å². The van der Waals surface area contributed by atoms with Crippen LogP contribution in [0, 0.1) is 0 Å². The van der Waals surface area contributed by atoms with Crippen LogP contribution in [0.2, 0.25) is 0 Å². The largest absolute Gasteiger partial charge is 0.292 e. The second-order valence-corrected chi connectivity index (χ2v) is 10.2. The van der Waals surface area contributed by atoms with E-state index in [9.17, 15) is 0 Å². The summed E-state index contributed by atoms with van der Waals surface area (Å²) in [5.74, 6) is 1.06. The van der Waals surface area contributed by atoms with Crippen molar-refractivity contribution < 1.29 is 0 Å². The summed E-state index contributed by atoms with van der Waals surface area (Å²) < 4.78 is 0. The van der Waals surface area contributed by atoms with Crippen LogP contribution in [0.4, 0.5) is 17.2 Å². The maximum absolute atomic E-state index is 4.84. The number of rotatable bonds is 0. The van der Waals surface area contributed by atoms with Gasteiger partial charge < -0.3 is 0 Å². The summed E-state index contributed by atoms with van der Waals surface area (Å²) in [7, 11) is 0. The minimum absolute atomic E-state index is 0.942. The van der Waals surface area contributed by atoms with Gasteiger partial charge in [-0.1, -0.05) is 30.3 Å². The van der Waals surface area contributed by atoms with Gasteiger partial charge in [0, 0.05) is 25.2 Å². The van der Waals surface area contributed by atoms with E-state index in [-0.39, 0.29) is 0 Å². The molecule has 0 saturated carbocycles. The Labute approximate surface area is 203 Å². The van der Waals surface area contributed by atoms with Gasteiger partial charge in [0.1, 0.15) is 5.82 Å². The molecule has 0 N–H and O–H groups in total. The molecule has 0 radical (unpaired) electrons. The van der Waals surface area contributed by atoms with Crippen LogP contribution in [0.5, 0.6) is 0 Å². The van der Waals surface area contributed by atoms with E-state index in [1.165, 1.54) is 78.1 Å². The molecule has 164 valence electrons. The number of aromatic nitrogens is 2. The molecule has 0 unspecified atom stereocenters. The third-order valence-corrected chi connectivity index (χ3v) is 8.45. The standard InChI is InChI=1S/C32H21N3/c1-2-6-24-18(4-1)10-21-13-26-22(14-25(21)24)15-28-27(26)16-23-11-19-7-9-33-17-30(19)35-31(23)29(28)12-20-5-3-8-34-32(20)35/h1-9,13-14,16-17H,10-12,15H2. The highest BCUT2D eigenvalue weighted by Crippen LogP contribution is 2.54. The number of anilines is 3. The monoisotopic (exact) mass is 447 g/mol. The molecule has 4 heterocycles. The van der Waals surface area contributed by atoms with Gasteiger partial charge in [0.2, 0.25) is 0 Å². The first-order valence-corrected chi connectivity index (χ1v) is 12.4. The van der Waals surface area contributed by atoms with Crippen molar-refractivity contribution >= 4 is 17.2 Å². The Bertz CT molecular complexity index is 1750. The Morgan fingerprint density at radius 3 is 2.31 bits per heavy atom. The third-order valence-electron chi connectivity index (χ3n) is 8.45. The van der Waals surface area contributed by atoms with E-state index in [0.29, 0.717) is 0 Å². The fourth-order valence-corrected chi connectivity index (χ4v) is 6.96. The molecule has 3 heteroatoms. The zero-order valence-corrected chi connectivity index (χ0v) is 19.2. The molecular formula is C32H21N3. The molecule has 0 fully saturated rings. The molecule has 0 saturated heterocycles. The lowest BCUT2D eigenvalue weighted by atomic mass is 9.83. The van der Waals surface area contributed by atoms with Gasteiger partial charge in [-0.2, -0.15) is 0 Å². The van der Waals surface area contributed by atoms with Crippen LogP contribution in [-0.2, 0) is 25.7 Å². The molecule has 0 amide bonds. The van der Waals surface area contributed by atoms with Gasteiger partial charge in [-0.25, -0.2) is 4.98 Å². The summed E-state index contributed by atoms with van der Waals surface area (Å²) in [5.41, 5.74) is 19.6. The van der Waals surface area contributed by atoms with Gasteiger partial charge >= 0.3 is 0 Å². The maximum atomic E-state index is 4.84. The quantitative estimate of drug-likeness (QED) is 0.253. The molecule has 5 aromatic rings. The number of benzene rings is 3. The van der Waals surface area contributed by atoms with Crippen molar-refractivity contribution in [1.82, 2.24) is 9.97 Å². The Balaban J connectivity index is 1.29. The van der Waals surface area contributed by atoms with Crippen LogP contribution >= 0.6 is 0 Å². The van der Waals surface area contributed by atoms with Gasteiger partial charge in [-0.15, -0.1) is 0 Å². The number of hydrogen-bond donors (Lipinski definition) is 0. The first-order valence-electron chi connectivity index (χ1n) is 12.4. The smallest absolute Gasteiger partial charge is 0.141 e. The number of fused-ring (bicyclic) bond motifs is 11. The molecule has 2 aromatic heterocycles. The molecular weight excluding hydrogens is 426 g/mol. The van der Waals surface area contributed by atoms with Crippen molar-refractivity contribution in [3.63, 3.8) is 0 Å². The SMILES string of the molecule is c1ccc2c(c1)Cc1cc3c(cc1-2)Cc1c-3cc2c3c1Cc1cccnc1N3c1cnccc1C2. The second-order valence-electron chi connectivity index (χ2n) is 10.2. The number of hydrogen-bond acceptors (Lipinski definition) is 3. The van der Waals surface area contributed by atoms with E-state index in [4.69, 9.17) is 4.98 Å². The summed E-state index contributed by atoms with van der Waals surface area (Å²) in [6, 6.07) is 22.8. The Hall–Kier alpha value is -4.24. The Morgan fingerprint density at radius 1 is 0.571 bits per heavy atom. The molecule has 3 nitrogen and oxygen atoms in total. The minimum atomic E-state index is 0.942. The average molecular weight is 448 g/mol. The fraction of sp³-hybridized carbons (Fsp3) is 0.125. The van der Waals surface area contributed by atoms with Crippen molar-refractivity contribution in [2.45, 2.75) is 25.7 Å². The van der Waals surface area contributed by atoms with Crippen molar-refractivity contribution in [3.05, 3.63) is 124 Å². The van der Waals surface area contributed by atoms with E-state index in [2.05, 4.69) is 70.5 Å². The molecule has 3 aromatic carbocycles. The number of nitrogens with zero attached hydrogens (tertiary/aromatic N) is 3. The highest BCUT2D eigenvalue weighted by Gasteiger charge is 2.37. The highest BCUT2D eigenvalue weighted by atomic mass is 15.2. The van der Waals surface area contributed by atoms with Gasteiger partial charge in [-0.05, 0) is 110 Å². The lowest BCUT2D eigenvalue weighted by Crippen LogP contribution is -2.26. The molecule has 2 aliphatic carbocycles. The summed E-state index contributed by atoms with van der Waals surface area (Å²) in [4.78, 5) is 11.7. The summed E-state index contributed by atoms with van der Waals surface area (Å²) >= 11 is 0. The lowest BCUT2D eigenvalue weighted by Gasteiger charge is -2.39. The Kier molecular flexibility index (Phi) is 3.24. The van der Waals surface area contributed by atoms with E-state index in [0.717, 1.165) is 31.5 Å². The average Bonchev–Trinajstić information content (AvgIpc) is 3.44. The summed E-state index contributed by atoms with van der Waals surface area (Å²) in [6.45, 7) is 0. The first-order chi connectivity index (χ1) is 17.3. The molecule has 2 aliphatic heterocycles. The van der Waals surface area contributed by atoms with Crippen LogP contribution in [0.15, 0.2) is 79.3 Å². The highest BCUT2D eigenvalue weighted by molar-refractivity contribution is 5.94. The van der Waals surface area contributed by atoms with Crippen LogP contribution in [0.3, 0.4) is 0 Å². The van der Waals surface area contributed by atoms with E-state index in [1.54, 1.807) is 0 Å². The normalized spacial score (nSPS) is 14.9. The zero-order valence-electron chi connectivity index (χ0n) is 19.2. The first kappa shape index (κ1) is 18.1. The molecule has 0 bridgehead atoms. The topological polar surface area (TPSA) is 29.0 Å². The zero-order chi connectivity index (χ0) is 22.7. The van der Waals surface area contributed by atoms with Gasteiger partial charge in [-0.3, -0.25) is 9.88 Å². The van der Waals surface area contributed by atoms with E-state index in [1.807, 2.05) is 18.6 Å².